The number of rotatable bonds is 7. The molecule has 94 valence electrons. The zero-order valence-electron chi connectivity index (χ0n) is 10.6. The van der Waals surface area contributed by atoms with Crippen molar-refractivity contribution in [2.45, 2.75) is 32.7 Å². The molecule has 0 bridgehead atoms. The van der Waals surface area contributed by atoms with Crippen molar-refractivity contribution in [1.82, 2.24) is 16.0 Å². The summed E-state index contributed by atoms with van der Waals surface area (Å²) in [7, 11) is 3.37. The second kappa shape index (κ2) is 8.10. The Morgan fingerprint density at radius 2 is 1.81 bits per heavy atom. The fourth-order valence-corrected chi connectivity index (χ4v) is 1.38. The molecule has 0 aromatic carbocycles. The molecule has 0 fully saturated rings. The average molecular weight is 229 g/mol. The summed E-state index contributed by atoms with van der Waals surface area (Å²) in [5, 5.41) is 8.20. The molecule has 0 saturated heterocycles. The van der Waals surface area contributed by atoms with Crippen LogP contribution in [-0.2, 0) is 9.59 Å². The Morgan fingerprint density at radius 1 is 1.19 bits per heavy atom. The molecule has 0 spiro atoms. The molecule has 16 heavy (non-hydrogen) atoms. The molecule has 0 aromatic rings. The van der Waals surface area contributed by atoms with Crippen molar-refractivity contribution in [3.05, 3.63) is 0 Å². The van der Waals surface area contributed by atoms with Crippen LogP contribution < -0.4 is 16.0 Å². The van der Waals surface area contributed by atoms with Crippen LogP contribution in [0.5, 0.6) is 0 Å². The van der Waals surface area contributed by atoms with Crippen molar-refractivity contribution in [3.8, 4) is 0 Å². The van der Waals surface area contributed by atoms with Crippen LogP contribution in [0.3, 0.4) is 0 Å². The van der Waals surface area contributed by atoms with E-state index in [4.69, 9.17) is 0 Å². The average Bonchev–Trinajstić information content (AvgIpc) is 2.23. The molecule has 0 aliphatic heterocycles. The van der Waals surface area contributed by atoms with Crippen LogP contribution in [0.15, 0.2) is 0 Å². The highest BCUT2D eigenvalue weighted by molar-refractivity contribution is 5.87. The van der Waals surface area contributed by atoms with Crippen molar-refractivity contribution in [3.63, 3.8) is 0 Å². The fourth-order valence-electron chi connectivity index (χ4n) is 1.38. The van der Waals surface area contributed by atoms with Gasteiger partial charge in [-0.1, -0.05) is 13.8 Å². The van der Waals surface area contributed by atoms with Gasteiger partial charge in [-0.25, -0.2) is 0 Å². The lowest BCUT2D eigenvalue weighted by atomic mass is 10.0. The summed E-state index contributed by atoms with van der Waals surface area (Å²) in [5.74, 6) is 0.141. The first-order chi connectivity index (χ1) is 7.51. The minimum Gasteiger partial charge on any atom is -0.357 e. The molecule has 5 nitrogen and oxygen atoms in total. The maximum Gasteiger partial charge on any atom is 0.242 e. The van der Waals surface area contributed by atoms with Crippen molar-refractivity contribution < 1.29 is 9.59 Å². The highest BCUT2D eigenvalue weighted by atomic mass is 16.2. The SMILES string of the molecule is CNCCC(=O)NC(CC(C)C)C(=O)NC. The van der Waals surface area contributed by atoms with Crippen LogP contribution in [0.1, 0.15) is 26.7 Å². The molecular formula is C11H23N3O2. The lowest BCUT2D eigenvalue weighted by Gasteiger charge is -2.19. The Hall–Kier alpha value is -1.10. The third-order valence-electron chi connectivity index (χ3n) is 2.21. The maximum atomic E-state index is 11.5. The van der Waals surface area contributed by atoms with E-state index in [0.717, 1.165) is 0 Å². The van der Waals surface area contributed by atoms with Crippen LogP contribution in [0.25, 0.3) is 0 Å². The van der Waals surface area contributed by atoms with Crippen LogP contribution in [0, 0.1) is 5.92 Å². The third kappa shape index (κ3) is 6.40. The molecule has 3 N–H and O–H groups in total. The number of nitrogens with one attached hydrogen (secondary N) is 3. The predicted octanol–water partition coefficient (Wildman–Crippen LogP) is -0.127. The van der Waals surface area contributed by atoms with E-state index in [0.29, 0.717) is 25.3 Å². The van der Waals surface area contributed by atoms with Crippen molar-refractivity contribution in [2.24, 2.45) is 5.92 Å². The molecule has 0 aromatic heterocycles. The first-order valence-electron chi connectivity index (χ1n) is 5.66. The summed E-state index contributed by atoms with van der Waals surface area (Å²) in [6, 6.07) is -0.422. The molecule has 5 heteroatoms. The number of hydrogen-bond donors (Lipinski definition) is 3. The quantitative estimate of drug-likeness (QED) is 0.569. The Balaban J connectivity index is 4.19. The number of hydrogen-bond acceptors (Lipinski definition) is 3. The fraction of sp³-hybridized carbons (Fsp3) is 0.818. The lowest BCUT2D eigenvalue weighted by Crippen LogP contribution is -2.46. The van der Waals surface area contributed by atoms with Crippen LogP contribution in [0.4, 0.5) is 0 Å². The van der Waals surface area contributed by atoms with Gasteiger partial charge in [-0.3, -0.25) is 9.59 Å². The van der Waals surface area contributed by atoms with Gasteiger partial charge in [0.05, 0.1) is 0 Å². The van der Waals surface area contributed by atoms with Gasteiger partial charge < -0.3 is 16.0 Å². The molecule has 2 amide bonds. The molecule has 0 aliphatic rings. The summed E-state index contributed by atoms with van der Waals surface area (Å²) in [6.07, 6.45) is 1.05. The van der Waals surface area contributed by atoms with Gasteiger partial charge in [0.2, 0.25) is 11.8 Å². The van der Waals surface area contributed by atoms with Crippen LogP contribution in [0.2, 0.25) is 0 Å². The third-order valence-corrected chi connectivity index (χ3v) is 2.21. The summed E-state index contributed by atoms with van der Waals surface area (Å²) >= 11 is 0. The summed E-state index contributed by atoms with van der Waals surface area (Å²) in [5.41, 5.74) is 0. The van der Waals surface area contributed by atoms with Crippen LogP contribution >= 0.6 is 0 Å². The Labute approximate surface area is 97.4 Å². The minimum absolute atomic E-state index is 0.0939. The summed E-state index contributed by atoms with van der Waals surface area (Å²) < 4.78 is 0. The van der Waals surface area contributed by atoms with E-state index in [1.54, 1.807) is 14.1 Å². The Bertz CT molecular complexity index is 229. The van der Waals surface area contributed by atoms with Gasteiger partial charge in [-0.15, -0.1) is 0 Å². The van der Waals surface area contributed by atoms with E-state index in [2.05, 4.69) is 16.0 Å². The zero-order valence-corrected chi connectivity index (χ0v) is 10.6. The molecule has 0 rings (SSSR count). The second-order valence-electron chi connectivity index (χ2n) is 4.22. The van der Waals surface area contributed by atoms with Gasteiger partial charge in [0.15, 0.2) is 0 Å². The zero-order chi connectivity index (χ0) is 12.6. The first kappa shape index (κ1) is 14.9. The van der Waals surface area contributed by atoms with Crippen molar-refractivity contribution in [1.29, 1.82) is 0 Å². The topological polar surface area (TPSA) is 70.2 Å². The molecule has 0 saturated carbocycles. The van der Waals surface area contributed by atoms with Gasteiger partial charge in [0, 0.05) is 20.0 Å². The number of carbonyl (C=O) groups excluding carboxylic acids is 2. The monoisotopic (exact) mass is 229 g/mol. The van der Waals surface area contributed by atoms with Gasteiger partial charge in [-0.05, 0) is 19.4 Å². The normalized spacial score (nSPS) is 12.3. The molecule has 0 radical (unpaired) electrons. The van der Waals surface area contributed by atoms with E-state index in [-0.39, 0.29) is 11.8 Å². The van der Waals surface area contributed by atoms with Crippen LogP contribution in [-0.4, -0.2) is 38.5 Å². The van der Waals surface area contributed by atoms with E-state index in [9.17, 15) is 9.59 Å². The number of amides is 2. The van der Waals surface area contributed by atoms with Gasteiger partial charge in [0.1, 0.15) is 6.04 Å². The highest BCUT2D eigenvalue weighted by Gasteiger charge is 2.20. The van der Waals surface area contributed by atoms with Crippen molar-refractivity contribution in [2.75, 3.05) is 20.6 Å². The molecule has 1 unspecified atom stereocenters. The number of likely N-dealkylation sites (N-methyl/N-ethyl adjacent to an activating group) is 1. The molecule has 0 heterocycles. The van der Waals surface area contributed by atoms with Crippen molar-refractivity contribution >= 4 is 11.8 Å². The highest BCUT2D eigenvalue weighted by Crippen LogP contribution is 2.05. The Morgan fingerprint density at radius 3 is 2.25 bits per heavy atom. The smallest absolute Gasteiger partial charge is 0.242 e. The summed E-state index contributed by atoms with van der Waals surface area (Å²) in [6.45, 7) is 4.67. The number of carbonyl (C=O) groups is 2. The molecule has 1 atom stereocenters. The Kier molecular flexibility index (Phi) is 7.54. The standard InChI is InChI=1S/C11H23N3O2/c1-8(2)7-9(11(16)13-4)14-10(15)5-6-12-3/h8-9,12H,5-7H2,1-4H3,(H,13,16)(H,14,15). The van der Waals surface area contributed by atoms with Gasteiger partial charge >= 0.3 is 0 Å². The second-order valence-corrected chi connectivity index (χ2v) is 4.22. The molecular weight excluding hydrogens is 206 g/mol. The summed E-state index contributed by atoms with van der Waals surface area (Å²) in [4.78, 5) is 23.0. The van der Waals surface area contributed by atoms with E-state index < -0.39 is 6.04 Å². The van der Waals surface area contributed by atoms with Gasteiger partial charge in [0.25, 0.3) is 0 Å². The van der Waals surface area contributed by atoms with E-state index >= 15 is 0 Å². The largest absolute Gasteiger partial charge is 0.357 e. The predicted molar refractivity (Wildman–Crippen MR) is 64.0 cm³/mol. The van der Waals surface area contributed by atoms with Gasteiger partial charge in [-0.2, -0.15) is 0 Å². The van der Waals surface area contributed by atoms with E-state index in [1.807, 2.05) is 13.8 Å². The van der Waals surface area contributed by atoms with E-state index in [1.165, 1.54) is 0 Å². The maximum absolute atomic E-state index is 11.5. The molecule has 0 aliphatic carbocycles. The first-order valence-corrected chi connectivity index (χ1v) is 5.66. The minimum atomic E-state index is -0.422. The lowest BCUT2D eigenvalue weighted by molar-refractivity contribution is -0.129.